The Balaban J connectivity index is 1.81. The number of aliphatic carboxylic acids is 1. The van der Waals surface area contributed by atoms with E-state index >= 15 is 0 Å². The molecule has 0 aliphatic heterocycles. The number of benzene rings is 2. The number of hydrogen-bond donors (Lipinski definition) is 2. The molecule has 0 saturated heterocycles. The molecule has 0 aliphatic rings. The maximum absolute atomic E-state index is 12.3. The molecule has 0 aliphatic carbocycles. The molecule has 6 heteroatoms. The van der Waals surface area contributed by atoms with Gasteiger partial charge >= 0.3 is 5.97 Å². The zero-order chi connectivity index (χ0) is 18.1. The zero-order valence-electron chi connectivity index (χ0n) is 14.0. The first-order valence-corrected chi connectivity index (χ1v) is 8.84. The summed E-state index contributed by atoms with van der Waals surface area (Å²) in [7, 11) is 0. The van der Waals surface area contributed by atoms with Gasteiger partial charge in [0.15, 0.2) is 0 Å². The molecule has 25 heavy (non-hydrogen) atoms. The largest absolute Gasteiger partial charge is 0.480 e. The van der Waals surface area contributed by atoms with Gasteiger partial charge in [0.05, 0.1) is 18.8 Å². The monoisotopic (exact) mass is 359 g/mol. The standard InChI is InChI=1S/C19H21NO4S/c1-14(19(22)23)25-17-10-6-5-9-16(17)18(21)20-11-12-24-13-15-7-3-2-4-8-15/h2-10,14H,11-13H2,1H3,(H,20,21)(H,22,23). The van der Waals surface area contributed by atoms with Gasteiger partial charge in [0.2, 0.25) is 0 Å². The van der Waals surface area contributed by atoms with Crippen LogP contribution in [-0.2, 0) is 16.1 Å². The van der Waals surface area contributed by atoms with Gasteiger partial charge in [-0.25, -0.2) is 0 Å². The van der Waals surface area contributed by atoms with Crippen molar-refractivity contribution in [1.29, 1.82) is 0 Å². The second-order valence-corrected chi connectivity index (χ2v) is 6.77. The highest BCUT2D eigenvalue weighted by Gasteiger charge is 2.17. The van der Waals surface area contributed by atoms with E-state index in [9.17, 15) is 9.59 Å². The average Bonchev–Trinajstić information content (AvgIpc) is 2.62. The number of nitrogens with one attached hydrogen (secondary N) is 1. The van der Waals surface area contributed by atoms with E-state index in [1.165, 1.54) is 0 Å². The fraction of sp³-hybridized carbons (Fsp3) is 0.263. The molecule has 2 aromatic rings. The molecule has 5 nitrogen and oxygen atoms in total. The minimum Gasteiger partial charge on any atom is -0.480 e. The number of amides is 1. The van der Waals surface area contributed by atoms with Crippen molar-refractivity contribution in [2.24, 2.45) is 0 Å². The second kappa shape index (κ2) is 9.86. The predicted molar refractivity (Wildman–Crippen MR) is 97.8 cm³/mol. The molecule has 0 heterocycles. The molecule has 1 amide bonds. The van der Waals surface area contributed by atoms with Crippen LogP contribution in [0.5, 0.6) is 0 Å². The molecule has 2 aromatic carbocycles. The van der Waals surface area contributed by atoms with Gasteiger partial charge in [-0.15, -0.1) is 11.8 Å². The lowest BCUT2D eigenvalue weighted by molar-refractivity contribution is -0.136. The van der Waals surface area contributed by atoms with Crippen LogP contribution >= 0.6 is 11.8 Å². The highest BCUT2D eigenvalue weighted by Crippen LogP contribution is 2.26. The summed E-state index contributed by atoms with van der Waals surface area (Å²) in [5.41, 5.74) is 1.56. The molecular formula is C19H21NO4S. The highest BCUT2D eigenvalue weighted by molar-refractivity contribution is 8.00. The van der Waals surface area contributed by atoms with Crippen LogP contribution in [-0.4, -0.2) is 35.4 Å². The fourth-order valence-electron chi connectivity index (χ4n) is 2.09. The first kappa shape index (κ1) is 19.0. The number of ether oxygens (including phenoxy) is 1. The molecular weight excluding hydrogens is 338 g/mol. The smallest absolute Gasteiger partial charge is 0.316 e. The minimum atomic E-state index is -0.908. The van der Waals surface area contributed by atoms with E-state index in [0.29, 0.717) is 30.2 Å². The Bertz CT molecular complexity index is 706. The summed E-state index contributed by atoms with van der Waals surface area (Å²) in [6.07, 6.45) is 0. The van der Waals surface area contributed by atoms with Gasteiger partial charge < -0.3 is 15.2 Å². The number of thioether (sulfide) groups is 1. The van der Waals surface area contributed by atoms with Crippen molar-refractivity contribution in [2.75, 3.05) is 13.2 Å². The van der Waals surface area contributed by atoms with Crippen molar-refractivity contribution in [2.45, 2.75) is 23.7 Å². The molecule has 132 valence electrons. The van der Waals surface area contributed by atoms with Gasteiger partial charge in [0, 0.05) is 11.4 Å². The van der Waals surface area contributed by atoms with Crippen LogP contribution in [0.15, 0.2) is 59.5 Å². The summed E-state index contributed by atoms with van der Waals surface area (Å²) >= 11 is 1.16. The van der Waals surface area contributed by atoms with Gasteiger partial charge in [-0.1, -0.05) is 42.5 Å². The topological polar surface area (TPSA) is 75.6 Å². The van der Waals surface area contributed by atoms with Crippen LogP contribution in [0.2, 0.25) is 0 Å². The van der Waals surface area contributed by atoms with Crippen molar-refractivity contribution < 1.29 is 19.4 Å². The molecule has 1 atom stereocenters. The third kappa shape index (κ3) is 6.25. The van der Waals surface area contributed by atoms with Gasteiger partial charge in [-0.05, 0) is 24.6 Å². The van der Waals surface area contributed by atoms with Crippen molar-refractivity contribution in [3.63, 3.8) is 0 Å². The molecule has 0 saturated carbocycles. The van der Waals surface area contributed by atoms with E-state index in [-0.39, 0.29) is 5.91 Å². The normalized spacial score (nSPS) is 11.7. The Morgan fingerprint density at radius 3 is 2.52 bits per heavy atom. The van der Waals surface area contributed by atoms with Crippen LogP contribution in [0.3, 0.4) is 0 Å². The van der Waals surface area contributed by atoms with Crippen LogP contribution in [0.25, 0.3) is 0 Å². The van der Waals surface area contributed by atoms with Gasteiger partial charge in [0.1, 0.15) is 5.25 Å². The molecule has 1 unspecified atom stereocenters. The summed E-state index contributed by atoms with van der Waals surface area (Å²) in [4.78, 5) is 24.0. The highest BCUT2D eigenvalue weighted by atomic mass is 32.2. The van der Waals surface area contributed by atoms with Crippen molar-refractivity contribution >= 4 is 23.6 Å². The van der Waals surface area contributed by atoms with Crippen LogP contribution in [0.4, 0.5) is 0 Å². The van der Waals surface area contributed by atoms with Crippen molar-refractivity contribution in [1.82, 2.24) is 5.32 Å². The quantitative estimate of drug-likeness (QED) is 0.531. The van der Waals surface area contributed by atoms with Crippen LogP contribution in [0, 0.1) is 0 Å². The van der Waals surface area contributed by atoms with Gasteiger partial charge in [0.25, 0.3) is 5.91 Å². The van der Waals surface area contributed by atoms with Crippen LogP contribution in [0.1, 0.15) is 22.8 Å². The molecule has 2 N–H and O–H groups in total. The average molecular weight is 359 g/mol. The Morgan fingerprint density at radius 2 is 1.80 bits per heavy atom. The van der Waals surface area contributed by atoms with E-state index in [0.717, 1.165) is 17.3 Å². The summed E-state index contributed by atoms with van der Waals surface area (Å²) in [5, 5.41) is 11.2. The van der Waals surface area contributed by atoms with Crippen molar-refractivity contribution in [3.8, 4) is 0 Å². The molecule has 0 radical (unpaired) electrons. The van der Waals surface area contributed by atoms with Crippen LogP contribution < -0.4 is 5.32 Å². The number of rotatable bonds is 9. The van der Waals surface area contributed by atoms with E-state index in [2.05, 4.69) is 5.32 Å². The molecule has 0 fully saturated rings. The molecule has 2 rings (SSSR count). The zero-order valence-corrected chi connectivity index (χ0v) is 14.8. The maximum atomic E-state index is 12.3. The first-order valence-electron chi connectivity index (χ1n) is 7.96. The summed E-state index contributed by atoms with van der Waals surface area (Å²) in [6.45, 7) is 2.89. The Hall–Kier alpha value is -2.31. The number of hydrogen-bond acceptors (Lipinski definition) is 4. The Labute approximate surface area is 151 Å². The second-order valence-electron chi connectivity index (χ2n) is 5.39. The lowest BCUT2D eigenvalue weighted by Gasteiger charge is -2.12. The number of carbonyl (C=O) groups is 2. The summed E-state index contributed by atoms with van der Waals surface area (Å²) in [6, 6.07) is 16.8. The Morgan fingerprint density at radius 1 is 1.12 bits per heavy atom. The lowest BCUT2D eigenvalue weighted by Crippen LogP contribution is -2.27. The fourth-order valence-corrected chi connectivity index (χ4v) is 3.02. The number of carboxylic acids is 1. The molecule has 0 bridgehead atoms. The van der Waals surface area contributed by atoms with Gasteiger partial charge in [-0.3, -0.25) is 9.59 Å². The third-order valence-electron chi connectivity index (χ3n) is 3.43. The summed E-state index contributed by atoms with van der Waals surface area (Å²) < 4.78 is 5.53. The van der Waals surface area contributed by atoms with E-state index in [1.807, 2.05) is 30.3 Å². The third-order valence-corrected chi connectivity index (χ3v) is 4.59. The predicted octanol–water partition coefficient (Wildman–Crippen LogP) is 3.20. The van der Waals surface area contributed by atoms with Crippen molar-refractivity contribution in [3.05, 3.63) is 65.7 Å². The lowest BCUT2D eigenvalue weighted by atomic mass is 10.2. The van der Waals surface area contributed by atoms with E-state index in [4.69, 9.17) is 9.84 Å². The summed E-state index contributed by atoms with van der Waals surface area (Å²) in [5.74, 6) is -1.14. The minimum absolute atomic E-state index is 0.232. The number of carbonyl (C=O) groups excluding carboxylic acids is 1. The Kier molecular flexibility index (Phi) is 7.50. The number of carboxylic acid groups (broad SMARTS) is 1. The molecule has 0 spiro atoms. The maximum Gasteiger partial charge on any atom is 0.316 e. The first-order chi connectivity index (χ1) is 12.1. The molecule has 0 aromatic heterocycles. The van der Waals surface area contributed by atoms with Gasteiger partial charge in [-0.2, -0.15) is 0 Å². The SMILES string of the molecule is CC(Sc1ccccc1C(=O)NCCOCc1ccccc1)C(=O)O. The van der Waals surface area contributed by atoms with E-state index < -0.39 is 11.2 Å². The van der Waals surface area contributed by atoms with E-state index in [1.54, 1.807) is 31.2 Å².